The monoisotopic (exact) mass is 269 g/mol. The van der Waals surface area contributed by atoms with Gasteiger partial charge in [0, 0.05) is 13.1 Å². The van der Waals surface area contributed by atoms with Crippen LogP contribution in [0.3, 0.4) is 0 Å². The number of nitrogens with zero attached hydrogens (tertiary/aromatic N) is 1. The second-order valence-electron chi connectivity index (χ2n) is 5.13. The Hall–Kier alpha value is -1.27. The largest absolute Gasteiger partial charge is 0.397 e. The summed E-state index contributed by atoms with van der Waals surface area (Å²) in [6.07, 6.45) is 0. The van der Waals surface area contributed by atoms with Gasteiger partial charge in [-0.25, -0.2) is 13.6 Å². The fourth-order valence-corrected chi connectivity index (χ4v) is 2.87. The molecule has 1 fully saturated rings. The Bertz CT molecular complexity index is 546. The molecule has 100 valence electrons. The zero-order valence-corrected chi connectivity index (χ0v) is 11.4. The Morgan fingerprint density at radius 3 is 2.22 bits per heavy atom. The molecule has 0 bridgehead atoms. The zero-order chi connectivity index (χ0) is 13.5. The maximum atomic E-state index is 11.2. The lowest BCUT2D eigenvalue weighted by Crippen LogP contribution is -2.21. The predicted octanol–water partition coefficient (Wildman–Crippen LogP) is 1.01. The van der Waals surface area contributed by atoms with E-state index in [1.165, 1.54) is 12.1 Å². The zero-order valence-electron chi connectivity index (χ0n) is 10.6. The summed E-state index contributed by atoms with van der Waals surface area (Å²) in [4.78, 5) is 2.25. The van der Waals surface area contributed by atoms with Crippen LogP contribution in [-0.4, -0.2) is 21.5 Å². The van der Waals surface area contributed by atoms with E-state index in [2.05, 4.69) is 18.7 Å². The smallest absolute Gasteiger partial charge is 0.238 e. The van der Waals surface area contributed by atoms with E-state index in [1.54, 1.807) is 6.07 Å². The van der Waals surface area contributed by atoms with Crippen LogP contribution in [0.25, 0.3) is 0 Å². The highest BCUT2D eigenvalue weighted by atomic mass is 32.2. The van der Waals surface area contributed by atoms with E-state index in [-0.39, 0.29) is 4.90 Å². The van der Waals surface area contributed by atoms with Gasteiger partial charge in [0.2, 0.25) is 10.0 Å². The molecule has 0 aromatic heterocycles. The minimum atomic E-state index is -3.69. The third-order valence-corrected chi connectivity index (χ3v) is 4.57. The van der Waals surface area contributed by atoms with Crippen molar-refractivity contribution in [2.75, 3.05) is 23.7 Å². The van der Waals surface area contributed by atoms with Crippen molar-refractivity contribution < 1.29 is 8.42 Å². The third-order valence-electron chi connectivity index (χ3n) is 3.66. The molecule has 1 aliphatic heterocycles. The van der Waals surface area contributed by atoms with E-state index in [0.29, 0.717) is 17.5 Å². The van der Waals surface area contributed by atoms with E-state index in [0.717, 1.165) is 18.8 Å². The molecule has 0 amide bonds. The highest BCUT2D eigenvalue weighted by molar-refractivity contribution is 7.89. The molecule has 0 aliphatic carbocycles. The topological polar surface area (TPSA) is 89.4 Å². The summed E-state index contributed by atoms with van der Waals surface area (Å²) < 4.78 is 22.5. The Morgan fingerprint density at radius 1 is 1.22 bits per heavy atom. The third kappa shape index (κ3) is 2.44. The number of hydrogen-bond acceptors (Lipinski definition) is 4. The summed E-state index contributed by atoms with van der Waals surface area (Å²) in [5.41, 5.74) is 7.28. The molecule has 2 atom stereocenters. The van der Waals surface area contributed by atoms with Crippen LogP contribution in [0.2, 0.25) is 0 Å². The average molecular weight is 269 g/mol. The van der Waals surface area contributed by atoms with Gasteiger partial charge in [0.1, 0.15) is 0 Å². The SMILES string of the molecule is CC1CN(c2ccc(S(N)(=O)=O)cc2N)CC1C. The second kappa shape index (κ2) is 4.44. The van der Waals surface area contributed by atoms with Crippen molar-refractivity contribution in [3.63, 3.8) is 0 Å². The van der Waals surface area contributed by atoms with Crippen molar-refractivity contribution in [1.29, 1.82) is 0 Å². The van der Waals surface area contributed by atoms with Crippen molar-refractivity contribution in [1.82, 2.24) is 0 Å². The van der Waals surface area contributed by atoms with Crippen molar-refractivity contribution >= 4 is 21.4 Å². The van der Waals surface area contributed by atoms with Gasteiger partial charge in [0.15, 0.2) is 0 Å². The van der Waals surface area contributed by atoms with Crippen LogP contribution in [0.1, 0.15) is 13.8 Å². The first kappa shape index (κ1) is 13.2. The fourth-order valence-electron chi connectivity index (χ4n) is 2.32. The lowest BCUT2D eigenvalue weighted by atomic mass is 10.0. The second-order valence-corrected chi connectivity index (χ2v) is 6.69. The van der Waals surface area contributed by atoms with E-state index in [9.17, 15) is 8.42 Å². The average Bonchev–Trinajstić information content (AvgIpc) is 2.57. The minimum absolute atomic E-state index is 0.0593. The Kier molecular flexibility index (Phi) is 3.25. The van der Waals surface area contributed by atoms with Crippen LogP contribution in [0.4, 0.5) is 11.4 Å². The maximum Gasteiger partial charge on any atom is 0.238 e. The van der Waals surface area contributed by atoms with E-state index >= 15 is 0 Å². The lowest BCUT2D eigenvalue weighted by molar-refractivity contribution is 0.494. The number of nitrogen functional groups attached to an aromatic ring is 1. The molecule has 5 nitrogen and oxygen atoms in total. The molecule has 1 aromatic rings. The Balaban J connectivity index is 2.32. The molecule has 0 spiro atoms. The minimum Gasteiger partial charge on any atom is -0.397 e. The summed E-state index contributed by atoms with van der Waals surface area (Å²) in [7, 11) is -3.69. The number of nitrogens with two attached hydrogens (primary N) is 2. The van der Waals surface area contributed by atoms with Gasteiger partial charge >= 0.3 is 0 Å². The summed E-state index contributed by atoms with van der Waals surface area (Å²) in [6, 6.07) is 4.67. The number of rotatable bonds is 2. The van der Waals surface area contributed by atoms with Crippen molar-refractivity contribution in [2.45, 2.75) is 18.7 Å². The lowest BCUT2D eigenvalue weighted by Gasteiger charge is -2.20. The van der Waals surface area contributed by atoms with Gasteiger partial charge in [0.05, 0.1) is 16.3 Å². The van der Waals surface area contributed by atoms with Gasteiger partial charge in [-0.1, -0.05) is 13.8 Å². The molecule has 1 aromatic carbocycles. The van der Waals surface area contributed by atoms with Gasteiger partial charge in [-0.05, 0) is 30.0 Å². The molecule has 2 unspecified atom stereocenters. The summed E-state index contributed by atoms with van der Waals surface area (Å²) in [6.45, 7) is 6.30. The highest BCUT2D eigenvalue weighted by Crippen LogP contribution is 2.32. The van der Waals surface area contributed by atoms with Crippen molar-refractivity contribution in [2.24, 2.45) is 17.0 Å². The van der Waals surface area contributed by atoms with Gasteiger partial charge in [0.25, 0.3) is 0 Å². The Labute approximate surface area is 108 Å². The number of anilines is 2. The Morgan fingerprint density at radius 2 is 1.78 bits per heavy atom. The molecule has 18 heavy (non-hydrogen) atoms. The number of primary sulfonamides is 1. The fraction of sp³-hybridized carbons (Fsp3) is 0.500. The van der Waals surface area contributed by atoms with E-state index in [4.69, 9.17) is 10.9 Å². The van der Waals surface area contributed by atoms with Gasteiger partial charge in [-0.15, -0.1) is 0 Å². The molecule has 1 aliphatic rings. The molecule has 1 saturated heterocycles. The molecular formula is C12H19N3O2S. The van der Waals surface area contributed by atoms with Crippen LogP contribution in [0.5, 0.6) is 0 Å². The van der Waals surface area contributed by atoms with Crippen LogP contribution in [0.15, 0.2) is 23.1 Å². The van der Waals surface area contributed by atoms with Crippen LogP contribution < -0.4 is 15.8 Å². The number of benzene rings is 1. The molecule has 2 rings (SSSR count). The first-order valence-electron chi connectivity index (χ1n) is 5.96. The van der Waals surface area contributed by atoms with Crippen LogP contribution in [0, 0.1) is 11.8 Å². The summed E-state index contributed by atoms with van der Waals surface area (Å²) in [5.74, 6) is 1.23. The predicted molar refractivity (Wildman–Crippen MR) is 72.8 cm³/mol. The van der Waals surface area contributed by atoms with Crippen molar-refractivity contribution in [3.8, 4) is 0 Å². The van der Waals surface area contributed by atoms with Gasteiger partial charge in [-0.3, -0.25) is 0 Å². The van der Waals surface area contributed by atoms with Crippen LogP contribution in [-0.2, 0) is 10.0 Å². The molecule has 0 saturated carbocycles. The molecule has 0 radical (unpaired) electrons. The molecule has 4 N–H and O–H groups in total. The first-order chi connectivity index (χ1) is 8.29. The van der Waals surface area contributed by atoms with Crippen molar-refractivity contribution in [3.05, 3.63) is 18.2 Å². The molecule has 1 heterocycles. The summed E-state index contributed by atoms with van der Waals surface area (Å²) >= 11 is 0. The van der Waals surface area contributed by atoms with Gasteiger partial charge in [-0.2, -0.15) is 0 Å². The number of sulfonamides is 1. The normalized spacial score (nSPS) is 24.5. The van der Waals surface area contributed by atoms with Gasteiger partial charge < -0.3 is 10.6 Å². The van der Waals surface area contributed by atoms with Crippen LogP contribution >= 0.6 is 0 Å². The summed E-state index contributed by atoms with van der Waals surface area (Å²) in [5, 5.41) is 5.08. The van der Waals surface area contributed by atoms with E-state index < -0.39 is 10.0 Å². The highest BCUT2D eigenvalue weighted by Gasteiger charge is 2.27. The first-order valence-corrected chi connectivity index (χ1v) is 7.51. The molecular weight excluding hydrogens is 250 g/mol. The standard InChI is InChI=1S/C12H19N3O2S/c1-8-6-15(7-9(8)2)12-4-3-10(5-11(12)13)18(14,16)17/h3-5,8-9H,6-7,13H2,1-2H3,(H2,14,16,17). The maximum absolute atomic E-state index is 11.2. The van der Waals surface area contributed by atoms with E-state index in [1.807, 2.05) is 0 Å². The quantitative estimate of drug-likeness (QED) is 0.784. The molecule has 6 heteroatoms. The number of hydrogen-bond donors (Lipinski definition) is 2.